The van der Waals surface area contributed by atoms with Crippen LogP contribution < -0.4 is 4.90 Å². The largest absolute Gasteiger partial charge is 0.310 e. The Kier molecular flexibility index (Phi) is 7.07. The van der Waals surface area contributed by atoms with Crippen LogP contribution in [0.4, 0.5) is 17.1 Å². The van der Waals surface area contributed by atoms with Crippen LogP contribution in [0.2, 0.25) is 0 Å². The third-order valence-electron chi connectivity index (χ3n) is 10.4. The van der Waals surface area contributed by atoms with Gasteiger partial charge in [0.2, 0.25) is 0 Å². The molecule has 1 aromatic heterocycles. The van der Waals surface area contributed by atoms with Crippen LogP contribution in [0, 0.1) is 6.92 Å². The average Bonchev–Trinajstić information content (AvgIpc) is 3.63. The molecule has 0 radical (unpaired) electrons. The van der Waals surface area contributed by atoms with Gasteiger partial charge in [-0.3, -0.25) is 0 Å². The van der Waals surface area contributed by atoms with Gasteiger partial charge >= 0.3 is 0 Å². The number of aryl methyl sites for hydroxylation is 1. The molecule has 0 atom stereocenters. The standard InChI is InChI=1S/C48H38N2/c1-33-21-25-38(26-22-33)49(39-27-23-36(24-28-39)34-13-6-4-7-14-34)41-29-30-45-43(32-41)46-47(42-19-10-11-20-44(42)48(46,2)3)50(45)40-18-12-17-37(31-40)35-15-8-5-9-16-35/h4-32H,1-3H3. The third-order valence-corrected chi connectivity index (χ3v) is 10.4. The van der Waals surface area contributed by atoms with E-state index in [1.165, 1.54) is 66.8 Å². The van der Waals surface area contributed by atoms with Gasteiger partial charge in [0, 0.05) is 39.1 Å². The molecule has 8 aromatic rings. The minimum atomic E-state index is -0.170. The quantitative estimate of drug-likeness (QED) is 0.175. The molecule has 0 amide bonds. The van der Waals surface area contributed by atoms with Crippen LogP contribution >= 0.6 is 0 Å². The molecule has 0 bridgehead atoms. The lowest BCUT2D eigenvalue weighted by Crippen LogP contribution is -2.15. The molecule has 7 aromatic carbocycles. The van der Waals surface area contributed by atoms with E-state index in [0.29, 0.717) is 0 Å². The molecule has 1 heterocycles. The molecule has 0 saturated carbocycles. The van der Waals surface area contributed by atoms with Gasteiger partial charge in [0.1, 0.15) is 0 Å². The number of aromatic nitrogens is 1. The van der Waals surface area contributed by atoms with Crippen LogP contribution in [0.1, 0.15) is 30.5 Å². The number of hydrogen-bond acceptors (Lipinski definition) is 1. The van der Waals surface area contributed by atoms with Gasteiger partial charge in [-0.25, -0.2) is 0 Å². The second-order valence-electron chi connectivity index (χ2n) is 13.9. The average molecular weight is 643 g/mol. The Balaban J connectivity index is 1.26. The van der Waals surface area contributed by atoms with Gasteiger partial charge in [0.15, 0.2) is 0 Å². The van der Waals surface area contributed by atoms with Crippen LogP contribution in [0.3, 0.4) is 0 Å². The number of anilines is 3. The molecule has 50 heavy (non-hydrogen) atoms. The van der Waals surface area contributed by atoms with Crippen molar-refractivity contribution in [1.82, 2.24) is 4.57 Å². The summed E-state index contributed by atoms with van der Waals surface area (Å²) in [5.74, 6) is 0. The zero-order chi connectivity index (χ0) is 33.8. The van der Waals surface area contributed by atoms with Crippen molar-refractivity contribution in [3.63, 3.8) is 0 Å². The van der Waals surface area contributed by atoms with E-state index in [-0.39, 0.29) is 5.41 Å². The van der Waals surface area contributed by atoms with Gasteiger partial charge in [-0.1, -0.05) is 141 Å². The maximum absolute atomic E-state index is 2.50. The first-order chi connectivity index (χ1) is 24.5. The topological polar surface area (TPSA) is 8.17 Å². The van der Waals surface area contributed by atoms with Gasteiger partial charge < -0.3 is 9.47 Å². The number of fused-ring (bicyclic) bond motifs is 5. The van der Waals surface area contributed by atoms with Crippen LogP contribution in [0.15, 0.2) is 176 Å². The SMILES string of the molecule is Cc1ccc(N(c2ccc(-c3ccccc3)cc2)c2ccc3c(c2)c2c(n3-c3cccc(-c4ccccc4)c3)-c3ccccc3C2(C)C)cc1. The molecule has 2 nitrogen and oxygen atoms in total. The van der Waals surface area contributed by atoms with Crippen molar-refractivity contribution >= 4 is 28.0 Å². The van der Waals surface area contributed by atoms with Crippen molar-refractivity contribution < 1.29 is 0 Å². The Morgan fingerprint density at radius 2 is 1.04 bits per heavy atom. The van der Waals surface area contributed by atoms with E-state index >= 15 is 0 Å². The lowest BCUT2D eigenvalue weighted by molar-refractivity contribution is 0.666. The molecule has 0 saturated heterocycles. The Morgan fingerprint density at radius 3 is 1.74 bits per heavy atom. The van der Waals surface area contributed by atoms with Crippen molar-refractivity contribution in [1.29, 1.82) is 0 Å². The van der Waals surface area contributed by atoms with Gasteiger partial charge in [0.05, 0.1) is 11.2 Å². The maximum atomic E-state index is 2.50. The molecule has 240 valence electrons. The van der Waals surface area contributed by atoms with E-state index in [4.69, 9.17) is 0 Å². The van der Waals surface area contributed by atoms with Gasteiger partial charge in [-0.2, -0.15) is 0 Å². The maximum Gasteiger partial charge on any atom is 0.0585 e. The van der Waals surface area contributed by atoms with E-state index in [1.807, 2.05) is 0 Å². The Bertz CT molecular complexity index is 2490. The molecule has 1 aliphatic carbocycles. The zero-order valence-corrected chi connectivity index (χ0v) is 28.6. The minimum Gasteiger partial charge on any atom is -0.310 e. The Labute approximate surface area is 294 Å². The molecular formula is C48H38N2. The third kappa shape index (κ3) is 4.87. The highest BCUT2D eigenvalue weighted by molar-refractivity contribution is 6.01. The molecule has 2 heteroatoms. The molecule has 0 fully saturated rings. The van der Waals surface area contributed by atoms with E-state index in [2.05, 4.69) is 206 Å². The molecule has 0 unspecified atom stereocenters. The summed E-state index contributed by atoms with van der Waals surface area (Å²) in [6.07, 6.45) is 0. The van der Waals surface area contributed by atoms with E-state index in [0.717, 1.165) is 17.1 Å². The Hall–Kier alpha value is -6.12. The monoisotopic (exact) mass is 642 g/mol. The highest BCUT2D eigenvalue weighted by Gasteiger charge is 2.40. The van der Waals surface area contributed by atoms with Crippen molar-refractivity contribution in [2.24, 2.45) is 0 Å². The van der Waals surface area contributed by atoms with E-state index < -0.39 is 0 Å². The second kappa shape index (κ2) is 11.8. The van der Waals surface area contributed by atoms with Crippen LogP contribution in [-0.4, -0.2) is 4.57 Å². The van der Waals surface area contributed by atoms with Crippen molar-refractivity contribution in [2.75, 3.05) is 4.90 Å². The summed E-state index contributed by atoms with van der Waals surface area (Å²) in [7, 11) is 0. The lowest BCUT2D eigenvalue weighted by Gasteiger charge is -2.27. The minimum absolute atomic E-state index is 0.170. The molecule has 9 rings (SSSR count). The highest BCUT2D eigenvalue weighted by atomic mass is 15.1. The summed E-state index contributed by atoms with van der Waals surface area (Å²) in [5, 5.41) is 1.28. The van der Waals surface area contributed by atoms with Gasteiger partial charge in [0.25, 0.3) is 0 Å². The van der Waals surface area contributed by atoms with Crippen LogP contribution in [0.25, 0.3) is 50.1 Å². The summed E-state index contributed by atoms with van der Waals surface area (Å²) in [6, 6.07) is 64.1. The Morgan fingerprint density at radius 1 is 0.480 bits per heavy atom. The number of nitrogens with zero attached hydrogens (tertiary/aromatic N) is 2. The second-order valence-corrected chi connectivity index (χ2v) is 13.9. The zero-order valence-electron chi connectivity index (χ0n) is 28.6. The summed E-state index contributed by atoms with van der Waals surface area (Å²) in [6.45, 7) is 6.91. The number of benzene rings is 7. The lowest BCUT2D eigenvalue weighted by atomic mass is 9.81. The molecule has 0 spiro atoms. The summed E-state index contributed by atoms with van der Waals surface area (Å²) in [5.41, 5.74) is 17.1. The predicted octanol–water partition coefficient (Wildman–Crippen LogP) is 13.0. The first-order valence-corrected chi connectivity index (χ1v) is 17.4. The smallest absolute Gasteiger partial charge is 0.0585 e. The van der Waals surface area contributed by atoms with Crippen molar-refractivity contribution in [3.8, 4) is 39.2 Å². The number of rotatable bonds is 6. The highest BCUT2D eigenvalue weighted by Crippen LogP contribution is 2.54. The van der Waals surface area contributed by atoms with Crippen molar-refractivity contribution in [3.05, 3.63) is 193 Å². The summed E-state index contributed by atoms with van der Waals surface area (Å²) < 4.78 is 2.50. The van der Waals surface area contributed by atoms with Crippen molar-refractivity contribution in [2.45, 2.75) is 26.2 Å². The first-order valence-electron chi connectivity index (χ1n) is 17.4. The number of hydrogen-bond donors (Lipinski definition) is 0. The van der Waals surface area contributed by atoms with Gasteiger partial charge in [-0.15, -0.1) is 0 Å². The van der Waals surface area contributed by atoms with Gasteiger partial charge in [-0.05, 0) is 94.9 Å². The summed E-state index contributed by atoms with van der Waals surface area (Å²) >= 11 is 0. The van der Waals surface area contributed by atoms with E-state index in [1.54, 1.807) is 0 Å². The normalized spacial score (nSPS) is 12.9. The van der Waals surface area contributed by atoms with Crippen LogP contribution in [0.5, 0.6) is 0 Å². The molecular weight excluding hydrogens is 605 g/mol. The van der Waals surface area contributed by atoms with Crippen LogP contribution in [-0.2, 0) is 5.41 Å². The summed E-state index contributed by atoms with van der Waals surface area (Å²) in [4.78, 5) is 2.39. The molecule has 1 aliphatic rings. The molecule has 0 aliphatic heterocycles. The molecule has 0 N–H and O–H groups in total. The fraction of sp³-hybridized carbons (Fsp3) is 0.0833. The first kappa shape index (κ1) is 30.0. The fourth-order valence-corrected chi connectivity index (χ4v) is 7.97. The van der Waals surface area contributed by atoms with E-state index in [9.17, 15) is 0 Å². The fourth-order valence-electron chi connectivity index (χ4n) is 7.97. The predicted molar refractivity (Wildman–Crippen MR) is 211 cm³/mol.